The maximum Gasteiger partial charge on any atom is 0.317 e. The summed E-state index contributed by atoms with van der Waals surface area (Å²) in [5.74, 6) is -1.06. The van der Waals surface area contributed by atoms with Gasteiger partial charge in [0.05, 0.1) is 11.8 Å². The molecule has 2 atom stereocenters. The molecule has 1 aliphatic heterocycles. The lowest BCUT2D eigenvalue weighted by Gasteiger charge is -2.17. The fraction of sp³-hybridized carbons (Fsp3) is 0.556. The standard InChI is InChI=1S/C9H10O3/c1-5-2-3-6-7(4-5)9(11)12-8(6)10/h2,6-7H,3-4H2,1H3/t6-,7+/m1/s1. The SMILES string of the molecule is CC1=CC[C@H]2C(=O)OC(=O)[C@H]2C1. The summed E-state index contributed by atoms with van der Waals surface area (Å²) in [6.45, 7) is 1.98. The van der Waals surface area contributed by atoms with E-state index in [-0.39, 0.29) is 23.8 Å². The number of carbonyl (C=O) groups is 2. The summed E-state index contributed by atoms with van der Waals surface area (Å²) in [6.07, 6.45) is 3.37. The quantitative estimate of drug-likeness (QED) is 0.307. The van der Waals surface area contributed by atoms with E-state index in [1.807, 2.05) is 13.0 Å². The van der Waals surface area contributed by atoms with E-state index in [2.05, 4.69) is 4.74 Å². The van der Waals surface area contributed by atoms with Crippen molar-refractivity contribution in [2.45, 2.75) is 19.8 Å². The topological polar surface area (TPSA) is 43.4 Å². The normalized spacial score (nSPS) is 34.2. The zero-order chi connectivity index (χ0) is 8.72. The van der Waals surface area contributed by atoms with Gasteiger partial charge in [0.15, 0.2) is 0 Å². The molecule has 0 saturated carbocycles. The molecule has 3 heteroatoms. The van der Waals surface area contributed by atoms with Gasteiger partial charge in [0.1, 0.15) is 0 Å². The third-order valence-electron chi connectivity index (χ3n) is 2.55. The molecule has 0 bridgehead atoms. The van der Waals surface area contributed by atoms with E-state index in [0.29, 0.717) is 12.8 Å². The average Bonchev–Trinajstić information content (AvgIpc) is 2.28. The summed E-state index contributed by atoms with van der Waals surface area (Å²) in [5, 5.41) is 0. The molecule has 1 fully saturated rings. The average molecular weight is 166 g/mol. The number of hydrogen-bond acceptors (Lipinski definition) is 3. The Bertz CT molecular complexity index is 277. The highest BCUT2D eigenvalue weighted by molar-refractivity contribution is 5.96. The molecule has 0 amide bonds. The molecule has 1 saturated heterocycles. The Balaban J connectivity index is 2.27. The first-order valence-corrected chi connectivity index (χ1v) is 4.09. The van der Waals surface area contributed by atoms with E-state index in [1.165, 1.54) is 5.57 Å². The van der Waals surface area contributed by atoms with Crippen molar-refractivity contribution in [2.75, 3.05) is 0 Å². The molecule has 64 valence electrons. The Morgan fingerprint density at radius 2 is 2.00 bits per heavy atom. The van der Waals surface area contributed by atoms with Crippen molar-refractivity contribution in [3.8, 4) is 0 Å². The van der Waals surface area contributed by atoms with Crippen molar-refractivity contribution >= 4 is 11.9 Å². The molecular formula is C9H10O3. The molecule has 1 aliphatic carbocycles. The van der Waals surface area contributed by atoms with Gasteiger partial charge < -0.3 is 4.74 Å². The van der Waals surface area contributed by atoms with Gasteiger partial charge in [-0.25, -0.2) is 0 Å². The first kappa shape index (κ1) is 7.53. The lowest BCUT2D eigenvalue weighted by molar-refractivity contribution is -0.153. The number of carbonyl (C=O) groups excluding carboxylic acids is 2. The maximum absolute atomic E-state index is 11.1. The zero-order valence-electron chi connectivity index (χ0n) is 6.87. The zero-order valence-corrected chi connectivity index (χ0v) is 6.87. The molecule has 2 aliphatic rings. The van der Waals surface area contributed by atoms with Gasteiger partial charge in [-0.3, -0.25) is 9.59 Å². The lowest BCUT2D eigenvalue weighted by atomic mass is 9.82. The van der Waals surface area contributed by atoms with Crippen LogP contribution < -0.4 is 0 Å². The molecule has 12 heavy (non-hydrogen) atoms. The Hall–Kier alpha value is -1.12. The van der Waals surface area contributed by atoms with Crippen molar-refractivity contribution in [1.82, 2.24) is 0 Å². The molecule has 2 rings (SSSR count). The van der Waals surface area contributed by atoms with E-state index in [4.69, 9.17) is 0 Å². The fourth-order valence-electron chi connectivity index (χ4n) is 1.82. The smallest absolute Gasteiger partial charge is 0.317 e. The van der Waals surface area contributed by atoms with E-state index >= 15 is 0 Å². The summed E-state index contributed by atoms with van der Waals surface area (Å²) in [5.41, 5.74) is 1.18. The summed E-state index contributed by atoms with van der Waals surface area (Å²) < 4.78 is 4.55. The van der Waals surface area contributed by atoms with Crippen molar-refractivity contribution in [3.05, 3.63) is 11.6 Å². The molecule has 0 aromatic rings. The Morgan fingerprint density at radius 1 is 1.33 bits per heavy atom. The second-order valence-electron chi connectivity index (χ2n) is 3.44. The molecule has 0 N–H and O–H groups in total. The number of cyclic esters (lactones) is 2. The molecule has 0 aromatic carbocycles. The van der Waals surface area contributed by atoms with Crippen LogP contribution in [0.1, 0.15) is 19.8 Å². The van der Waals surface area contributed by atoms with Crippen LogP contribution in [0.4, 0.5) is 0 Å². The highest BCUT2D eigenvalue weighted by Crippen LogP contribution is 2.35. The molecule has 0 unspecified atom stereocenters. The minimum Gasteiger partial charge on any atom is -0.393 e. The molecule has 3 nitrogen and oxygen atoms in total. The fourth-order valence-corrected chi connectivity index (χ4v) is 1.82. The van der Waals surface area contributed by atoms with Gasteiger partial charge >= 0.3 is 11.9 Å². The molecule has 0 radical (unpaired) electrons. The van der Waals surface area contributed by atoms with Gasteiger partial charge in [-0.2, -0.15) is 0 Å². The van der Waals surface area contributed by atoms with Crippen LogP contribution in [0.5, 0.6) is 0 Å². The van der Waals surface area contributed by atoms with E-state index in [1.54, 1.807) is 0 Å². The van der Waals surface area contributed by atoms with Crippen LogP contribution in [0.3, 0.4) is 0 Å². The Labute approximate surface area is 70.4 Å². The van der Waals surface area contributed by atoms with Crippen LogP contribution in [0, 0.1) is 11.8 Å². The monoisotopic (exact) mass is 166 g/mol. The third-order valence-corrected chi connectivity index (χ3v) is 2.55. The first-order valence-electron chi connectivity index (χ1n) is 4.09. The number of rotatable bonds is 0. The van der Waals surface area contributed by atoms with E-state index in [9.17, 15) is 9.59 Å². The van der Waals surface area contributed by atoms with Crippen LogP contribution in [0.25, 0.3) is 0 Å². The van der Waals surface area contributed by atoms with Gasteiger partial charge in [-0.1, -0.05) is 11.6 Å². The van der Waals surface area contributed by atoms with Gasteiger partial charge in [-0.15, -0.1) is 0 Å². The van der Waals surface area contributed by atoms with Gasteiger partial charge in [0, 0.05) is 0 Å². The second-order valence-corrected chi connectivity index (χ2v) is 3.44. The van der Waals surface area contributed by atoms with Gasteiger partial charge in [0.25, 0.3) is 0 Å². The molecule has 0 spiro atoms. The van der Waals surface area contributed by atoms with E-state index < -0.39 is 0 Å². The second kappa shape index (κ2) is 2.44. The Morgan fingerprint density at radius 3 is 2.75 bits per heavy atom. The van der Waals surface area contributed by atoms with Crippen molar-refractivity contribution in [2.24, 2.45) is 11.8 Å². The summed E-state index contributed by atoms with van der Waals surface area (Å²) in [6, 6.07) is 0. The minimum absolute atomic E-state index is 0.192. The Kier molecular flexibility index (Phi) is 1.53. The summed E-state index contributed by atoms with van der Waals surface area (Å²) in [4.78, 5) is 22.1. The largest absolute Gasteiger partial charge is 0.393 e. The number of fused-ring (bicyclic) bond motifs is 1. The third kappa shape index (κ3) is 0.967. The maximum atomic E-state index is 11.1. The number of allylic oxidation sites excluding steroid dienone is 2. The minimum atomic E-state index is -0.339. The van der Waals surface area contributed by atoms with Crippen LogP contribution in [-0.4, -0.2) is 11.9 Å². The predicted octanol–water partition coefficient (Wildman–Crippen LogP) is 1.04. The molecular weight excluding hydrogens is 156 g/mol. The lowest BCUT2D eigenvalue weighted by Crippen LogP contribution is -2.20. The summed E-state index contributed by atoms with van der Waals surface area (Å²) >= 11 is 0. The van der Waals surface area contributed by atoms with Crippen LogP contribution >= 0.6 is 0 Å². The highest BCUT2D eigenvalue weighted by Gasteiger charge is 2.44. The van der Waals surface area contributed by atoms with Crippen LogP contribution in [-0.2, 0) is 14.3 Å². The molecule has 0 aromatic heterocycles. The van der Waals surface area contributed by atoms with Gasteiger partial charge in [-0.05, 0) is 19.8 Å². The number of hydrogen-bond donors (Lipinski definition) is 0. The first-order chi connectivity index (χ1) is 5.68. The number of ether oxygens (including phenoxy) is 1. The van der Waals surface area contributed by atoms with Crippen LogP contribution in [0.15, 0.2) is 11.6 Å². The highest BCUT2D eigenvalue weighted by atomic mass is 16.6. The molecule has 1 heterocycles. The van der Waals surface area contributed by atoms with Crippen molar-refractivity contribution in [1.29, 1.82) is 0 Å². The predicted molar refractivity (Wildman–Crippen MR) is 41.1 cm³/mol. The van der Waals surface area contributed by atoms with Crippen LogP contribution in [0.2, 0.25) is 0 Å². The van der Waals surface area contributed by atoms with Crippen molar-refractivity contribution in [3.63, 3.8) is 0 Å². The van der Waals surface area contributed by atoms with Crippen molar-refractivity contribution < 1.29 is 14.3 Å². The van der Waals surface area contributed by atoms with E-state index in [0.717, 1.165) is 0 Å². The number of esters is 2. The summed E-state index contributed by atoms with van der Waals surface area (Å²) in [7, 11) is 0. The van der Waals surface area contributed by atoms with Gasteiger partial charge in [0.2, 0.25) is 0 Å².